The number of rotatable bonds is 7. The van der Waals surface area contributed by atoms with Gasteiger partial charge in [-0.2, -0.15) is 0 Å². The van der Waals surface area contributed by atoms with Gasteiger partial charge in [-0.25, -0.2) is 0 Å². The van der Waals surface area contributed by atoms with Crippen LogP contribution in [-0.2, 0) is 17.9 Å². The van der Waals surface area contributed by atoms with Crippen molar-refractivity contribution < 1.29 is 18.8 Å². The van der Waals surface area contributed by atoms with Crippen molar-refractivity contribution in [3.05, 3.63) is 81.4 Å². The minimum Gasteiger partial charge on any atom is -0.467 e. The second-order valence-corrected chi connectivity index (χ2v) is 8.00. The molecule has 0 radical (unpaired) electrons. The molecule has 0 saturated carbocycles. The first-order chi connectivity index (χ1) is 14.0. The number of imide groups is 1. The molecule has 3 heterocycles. The largest absolute Gasteiger partial charge is 0.467 e. The van der Waals surface area contributed by atoms with E-state index in [2.05, 4.69) is 0 Å². The summed E-state index contributed by atoms with van der Waals surface area (Å²) in [7, 11) is 0. The Kier molecular flexibility index (Phi) is 5.31. The van der Waals surface area contributed by atoms with E-state index in [9.17, 15) is 14.4 Å². The average Bonchev–Trinajstić information content (AvgIpc) is 3.44. The fourth-order valence-corrected chi connectivity index (χ4v) is 4.11. The third-order valence-corrected chi connectivity index (χ3v) is 5.74. The predicted molar refractivity (Wildman–Crippen MR) is 108 cm³/mol. The van der Waals surface area contributed by atoms with Gasteiger partial charge < -0.3 is 9.32 Å². The number of nitrogens with zero attached hydrogens (tertiary/aromatic N) is 2. The number of furan rings is 1. The molecule has 4 rings (SSSR count). The molecule has 29 heavy (non-hydrogen) atoms. The van der Waals surface area contributed by atoms with E-state index in [1.165, 1.54) is 0 Å². The SMILES string of the molecule is Cc1ccc2c(c1)C(=O)N(CCC(=O)N(Cc1ccco1)Cc1cccs1)C2=O. The van der Waals surface area contributed by atoms with Crippen molar-refractivity contribution in [2.75, 3.05) is 6.54 Å². The lowest BCUT2D eigenvalue weighted by atomic mass is 10.1. The summed E-state index contributed by atoms with van der Waals surface area (Å²) >= 11 is 1.58. The molecule has 1 aliphatic heterocycles. The first kappa shape index (κ1) is 19.1. The molecule has 0 spiro atoms. The van der Waals surface area contributed by atoms with Gasteiger partial charge in [0, 0.05) is 17.8 Å². The normalized spacial score (nSPS) is 13.1. The number of benzene rings is 1. The van der Waals surface area contributed by atoms with Crippen LogP contribution in [0.15, 0.2) is 58.5 Å². The summed E-state index contributed by atoms with van der Waals surface area (Å²) < 4.78 is 5.39. The monoisotopic (exact) mass is 408 g/mol. The van der Waals surface area contributed by atoms with Crippen molar-refractivity contribution >= 4 is 29.1 Å². The highest BCUT2D eigenvalue weighted by Crippen LogP contribution is 2.24. The standard InChI is InChI=1S/C22H20N2O4S/c1-15-6-7-18-19(12-15)22(27)24(21(18)26)9-8-20(25)23(13-16-4-2-10-28-16)14-17-5-3-11-29-17/h2-7,10-12H,8-9,13-14H2,1H3. The van der Waals surface area contributed by atoms with E-state index in [0.717, 1.165) is 15.3 Å². The van der Waals surface area contributed by atoms with Gasteiger partial charge in [0.05, 0.1) is 30.5 Å². The van der Waals surface area contributed by atoms with Crippen molar-refractivity contribution in [1.29, 1.82) is 0 Å². The second-order valence-electron chi connectivity index (χ2n) is 6.97. The van der Waals surface area contributed by atoms with E-state index in [1.54, 1.807) is 40.7 Å². The van der Waals surface area contributed by atoms with E-state index < -0.39 is 0 Å². The number of amides is 3. The molecule has 3 aromatic rings. The van der Waals surface area contributed by atoms with Gasteiger partial charge in [-0.3, -0.25) is 19.3 Å². The summed E-state index contributed by atoms with van der Waals surface area (Å²) in [4.78, 5) is 42.0. The van der Waals surface area contributed by atoms with Crippen molar-refractivity contribution in [3.8, 4) is 0 Å². The highest BCUT2D eigenvalue weighted by Gasteiger charge is 2.35. The molecule has 1 aliphatic rings. The van der Waals surface area contributed by atoms with Crippen LogP contribution in [0.1, 0.15) is 43.3 Å². The molecule has 3 amide bonds. The van der Waals surface area contributed by atoms with E-state index >= 15 is 0 Å². The highest BCUT2D eigenvalue weighted by atomic mass is 32.1. The molecule has 6 nitrogen and oxygen atoms in total. The van der Waals surface area contributed by atoms with Crippen molar-refractivity contribution in [2.45, 2.75) is 26.4 Å². The zero-order chi connectivity index (χ0) is 20.4. The number of carbonyl (C=O) groups excluding carboxylic acids is 3. The van der Waals surface area contributed by atoms with Gasteiger partial charge in [0.25, 0.3) is 11.8 Å². The van der Waals surface area contributed by atoms with Crippen LogP contribution in [0.3, 0.4) is 0 Å². The van der Waals surface area contributed by atoms with Gasteiger partial charge in [-0.1, -0.05) is 17.7 Å². The Morgan fingerprint density at radius 1 is 1.07 bits per heavy atom. The van der Waals surface area contributed by atoms with Gasteiger partial charge >= 0.3 is 0 Å². The second kappa shape index (κ2) is 8.05. The van der Waals surface area contributed by atoms with Crippen molar-refractivity contribution in [2.24, 2.45) is 0 Å². The molecule has 0 fully saturated rings. The van der Waals surface area contributed by atoms with Crippen LogP contribution in [0.4, 0.5) is 0 Å². The molecule has 0 saturated heterocycles. The van der Waals surface area contributed by atoms with E-state index in [4.69, 9.17) is 4.42 Å². The lowest BCUT2D eigenvalue weighted by Gasteiger charge is -2.22. The summed E-state index contributed by atoms with van der Waals surface area (Å²) in [5.74, 6) is -0.125. The third kappa shape index (κ3) is 4.00. The quantitative estimate of drug-likeness (QED) is 0.557. The maximum atomic E-state index is 12.9. The number of carbonyl (C=O) groups is 3. The van der Waals surface area contributed by atoms with E-state index in [0.29, 0.717) is 30.0 Å². The lowest BCUT2D eigenvalue weighted by molar-refractivity contribution is -0.132. The van der Waals surface area contributed by atoms with Crippen LogP contribution >= 0.6 is 11.3 Å². The number of hydrogen-bond donors (Lipinski definition) is 0. The first-order valence-corrected chi connectivity index (χ1v) is 10.2. The number of aryl methyl sites for hydroxylation is 1. The van der Waals surface area contributed by atoms with Crippen LogP contribution in [0, 0.1) is 6.92 Å². The van der Waals surface area contributed by atoms with Gasteiger partial charge in [-0.05, 0) is 42.6 Å². The molecule has 1 aromatic carbocycles. The minimum absolute atomic E-state index is 0.0589. The molecule has 0 atom stereocenters. The molecule has 0 unspecified atom stereocenters. The molecular weight excluding hydrogens is 388 g/mol. The number of fused-ring (bicyclic) bond motifs is 1. The number of thiophene rings is 1. The molecule has 0 N–H and O–H groups in total. The highest BCUT2D eigenvalue weighted by molar-refractivity contribution is 7.09. The molecule has 148 valence electrons. The smallest absolute Gasteiger partial charge is 0.261 e. The Balaban J connectivity index is 1.45. The third-order valence-electron chi connectivity index (χ3n) is 4.88. The molecular formula is C22H20N2O4S. The predicted octanol–water partition coefficient (Wildman–Crippen LogP) is 3.86. The van der Waals surface area contributed by atoms with E-state index in [1.807, 2.05) is 36.6 Å². The van der Waals surface area contributed by atoms with Crippen LogP contribution in [0.2, 0.25) is 0 Å². The Bertz CT molecular complexity index is 1000. The Morgan fingerprint density at radius 3 is 2.62 bits per heavy atom. The molecule has 7 heteroatoms. The lowest BCUT2D eigenvalue weighted by Crippen LogP contribution is -2.36. The van der Waals surface area contributed by atoms with Crippen LogP contribution < -0.4 is 0 Å². The summed E-state index contributed by atoms with van der Waals surface area (Å²) in [5.41, 5.74) is 1.73. The Morgan fingerprint density at radius 2 is 1.90 bits per heavy atom. The Hall–Kier alpha value is -3.19. The zero-order valence-corrected chi connectivity index (χ0v) is 16.8. The average molecular weight is 408 g/mol. The Labute approximate surface area is 172 Å². The van der Waals surface area contributed by atoms with Gasteiger partial charge in [0.1, 0.15) is 5.76 Å². The van der Waals surface area contributed by atoms with Gasteiger partial charge in [0.15, 0.2) is 0 Å². The van der Waals surface area contributed by atoms with Crippen LogP contribution in [-0.4, -0.2) is 34.1 Å². The molecule has 0 bridgehead atoms. The topological polar surface area (TPSA) is 70.8 Å². The summed E-state index contributed by atoms with van der Waals surface area (Å²) in [6.07, 6.45) is 1.64. The van der Waals surface area contributed by atoms with Gasteiger partial charge in [-0.15, -0.1) is 11.3 Å². The van der Waals surface area contributed by atoms with Crippen LogP contribution in [0.5, 0.6) is 0 Å². The summed E-state index contributed by atoms with van der Waals surface area (Å²) in [6.45, 7) is 2.73. The van der Waals surface area contributed by atoms with Crippen molar-refractivity contribution in [3.63, 3.8) is 0 Å². The summed E-state index contributed by atoms with van der Waals surface area (Å²) in [5, 5.41) is 1.96. The maximum absolute atomic E-state index is 12.9. The fourth-order valence-electron chi connectivity index (χ4n) is 3.39. The maximum Gasteiger partial charge on any atom is 0.261 e. The van der Waals surface area contributed by atoms with Crippen molar-refractivity contribution in [1.82, 2.24) is 9.80 Å². The zero-order valence-electron chi connectivity index (χ0n) is 16.0. The first-order valence-electron chi connectivity index (χ1n) is 9.32. The molecule has 0 aliphatic carbocycles. The van der Waals surface area contributed by atoms with E-state index in [-0.39, 0.29) is 30.7 Å². The fraction of sp³-hybridized carbons (Fsp3) is 0.227. The van der Waals surface area contributed by atoms with Gasteiger partial charge in [0.2, 0.25) is 5.91 Å². The summed E-state index contributed by atoms with van der Waals surface area (Å²) in [6, 6.07) is 12.7. The minimum atomic E-state index is -0.339. The van der Waals surface area contributed by atoms with Crippen LogP contribution in [0.25, 0.3) is 0 Å². The number of hydrogen-bond acceptors (Lipinski definition) is 5. The molecule has 2 aromatic heterocycles.